The molecule has 10 heteroatoms. The molecule has 1 amide bonds. The number of pyridine rings is 1. The number of hydrogen-bond donors (Lipinski definition) is 1. The summed E-state index contributed by atoms with van der Waals surface area (Å²) < 4.78 is 44.5. The number of carbonyl (C=O) groups excluding carboxylic acids is 1. The maximum Gasteiger partial charge on any atom is 0.416 e. The van der Waals surface area contributed by atoms with Crippen molar-refractivity contribution < 1.29 is 22.7 Å². The number of likely N-dealkylation sites (tertiary alicyclic amines) is 1. The second kappa shape index (κ2) is 8.01. The van der Waals surface area contributed by atoms with E-state index in [1.165, 1.54) is 13.2 Å². The van der Waals surface area contributed by atoms with Gasteiger partial charge in [-0.25, -0.2) is 0 Å². The molecule has 1 aliphatic heterocycles. The van der Waals surface area contributed by atoms with Gasteiger partial charge in [-0.1, -0.05) is 0 Å². The van der Waals surface area contributed by atoms with Crippen molar-refractivity contribution in [3.8, 4) is 17.0 Å². The number of nitrogens with one attached hydrogen (secondary N) is 1. The summed E-state index contributed by atoms with van der Waals surface area (Å²) in [5.74, 6) is 0.647. The molecular formula is C21H20F3N5O2. The number of ether oxygens (including phenoxy) is 1. The Morgan fingerprint density at radius 3 is 2.71 bits per heavy atom. The molecule has 1 unspecified atom stereocenters. The smallest absolute Gasteiger partial charge is 0.416 e. The summed E-state index contributed by atoms with van der Waals surface area (Å²) in [4.78, 5) is 17.6. The number of methoxy groups -OCH3 is 1. The third-order valence-electron chi connectivity index (χ3n) is 5.50. The second-order valence-corrected chi connectivity index (χ2v) is 7.31. The first-order chi connectivity index (χ1) is 14.8. The van der Waals surface area contributed by atoms with Gasteiger partial charge in [0.05, 0.1) is 12.7 Å². The predicted molar refractivity (Wildman–Crippen MR) is 109 cm³/mol. The Morgan fingerprint density at radius 2 is 2.03 bits per heavy atom. The van der Waals surface area contributed by atoms with Gasteiger partial charge in [0, 0.05) is 54.8 Å². The number of aromatic nitrogens is 3. The SMILES string of the molecule is COc1cc(C(F)(F)F)ccc1-c1nnc(NCC2CCC(=O)N2C)c2cnccc12. The molecular weight excluding hydrogens is 411 g/mol. The van der Waals surface area contributed by atoms with E-state index in [9.17, 15) is 18.0 Å². The highest BCUT2D eigenvalue weighted by Gasteiger charge is 2.32. The molecule has 1 N–H and O–H groups in total. The van der Waals surface area contributed by atoms with Crippen molar-refractivity contribution in [2.45, 2.75) is 25.1 Å². The van der Waals surface area contributed by atoms with Crippen molar-refractivity contribution in [2.24, 2.45) is 0 Å². The van der Waals surface area contributed by atoms with E-state index in [1.807, 2.05) is 0 Å². The minimum absolute atomic E-state index is 0.0500. The number of benzene rings is 1. The fraction of sp³-hybridized carbons (Fsp3) is 0.333. The van der Waals surface area contributed by atoms with Gasteiger partial charge in [-0.3, -0.25) is 9.78 Å². The molecule has 31 heavy (non-hydrogen) atoms. The molecule has 0 bridgehead atoms. The Labute approximate surface area is 176 Å². The largest absolute Gasteiger partial charge is 0.496 e. The van der Waals surface area contributed by atoms with Gasteiger partial charge in [0.25, 0.3) is 0 Å². The Balaban J connectivity index is 1.71. The fourth-order valence-corrected chi connectivity index (χ4v) is 3.71. The van der Waals surface area contributed by atoms with E-state index in [0.29, 0.717) is 40.8 Å². The van der Waals surface area contributed by atoms with Gasteiger partial charge in [0.1, 0.15) is 11.4 Å². The van der Waals surface area contributed by atoms with Crippen LogP contribution in [0.3, 0.4) is 0 Å². The van der Waals surface area contributed by atoms with E-state index in [0.717, 1.165) is 18.6 Å². The number of carbonyl (C=O) groups is 1. The van der Waals surface area contributed by atoms with Gasteiger partial charge >= 0.3 is 6.18 Å². The van der Waals surface area contributed by atoms with Crippen LogP contribution >= 0.6 is 0 Å². The lowest BCUT2D eigenvalue weighted by molar-refractivity contribution is -0.137. The number of likely N-dealkylation sites (N-methyl/N-ethyl adjacent to an activating group) is 1. The van der Waals surface area contributed by atoms with Gasteiger partial charge in [0.2, 0.25) is 5.91 Å². The third kappa shape index (κ3) is 3.97. The van der Waals surface area contributed by atoms with Crippen LogP contribution in [0.25, 0.3) is 22.0 Å². The van der Waals surface area contributed by atoms with Gasteiger partial charge in [-0.05, 0) is 30.7 Å². The van der Waals surface area contributed by atoms with E-state index < -0.39 is 11.7 Å². The third-order valence-corrected chi connectivity index (χ3v) is 5.50. The minimum Gasteiger partial charge on any atom is -0.496 e. The lowest BCUT2D eigenvalue weighted by Gasteiger charge is -2.21. The molecule has 1 fully saturated rings. The molecule has 0 saturated carbocycles. The topological polar surface area (TPSA) is 80.2 Å². The van der Waals surface area contributed by atoms with Crippen molar-refractivity contribution in [1.29, 1.82) is 0 Å². The number of amides is 1. The normalized spacial score (nSPS) is 16.7. The average molecular weight is 431 g/mol. The molecule has 3 heterocycles. The number of anilines is 1. The second-order valence-electron chi connectivity index (χ2n) is 7.31. The van der Waals surface area contributed by atoms with Crippen LogP contribution in [0.4, 0.5) is 19.0 Å². The number of hydrogen-bond acceptors (Lipinski definition) is 6. The summed E-state index contributed by atoms with van der Waals surface area (Å²) in [6.45, 7) is 0.504. The van der Waals surface area contributed by atoms with Crippen LogP contribution in [0.2, 0.25) is 0 Å². The van der Waals surface area contributed by atoms with Crippen molar-refractivity contribution in [3.05, 3.63) is 42.2 Å². The lowest BCUT2D eigenvalue weighted by Crippen LogP contribution is -2.34. The summed E-state index contributed by atoms with van der Waals surface area (Å²) in [6.07, 6.45) is -0.00448. The standard InChI is InChI=1S/C21H20F3N5O2/c1-29-13(4-6-18(29)30)10-26-20-16-11-25-8-7-14(16)19(27-28-20)15-5-3-12(21(22,23)24)9-17(15)31-2/h3,5,7-9,11,13H,4,6,10H2,1-2H3,(H,26,28). The lowest BCUT2D eigenvalue weighted by atomic mass is 10.0. The number of fused-ring (bicyclic) bond motifs is 1. The van der Waals surface area contributed by atoms with Gasteiger partial charge < -0.3 is 15.0 Å². The first-order valence-electron chi connectivity index (χ1n) is 9.65. The minimum atomic E-state index is -4.48. The molecule has 162 valence electrons. The molecule has 1 aliphatic rings. The maximum atomic E-state index is 13.1. The van der Waals surface area contributed by atoms with Crippen LogP contribution in [0.1, 0.15) is 18.4 Å². The van der Waals surface area contributed by atoms with Gasteiger partial charge in [0.15, 0.2) is 5.82 Å². The van der Waals surface area contributed by atoms with Crippen molar-refractivity contribution in [1.82, 2.24) is 20.1 Å². The zero-order chi connectivity index (χ0) is 22.2. The summed E-state index contributed by atoms with van der Waals surface area (Å²) in [7, 11) is 3.08. The number of rotatable bonds is 5. The van der Waals surface area contributed by atoms with E-state index in [1.54, 1.807) is 30.4 Å². The number of nitrogens with zero attached hydrogens (tertiary/aromatic N) is 4. The Hall–Kier alpha value is -3.43. The first kappa shape index (κ1) is 20.8. The predicted octanol–water partition coefficient (Wildman–Crippen LogP) is 3.75. The summed E-state index contributed by atoms with van der Waals surface area (Å²) in [5.41, 5.74) is -0.0193. The molecule has 7 nitrogen and oxygen atoms in total. The van der Waals surface area contributed by atoms with Gasteiger partial charge in [-0.15, -0.1) is 10.2 Å². The molecule has 1 saturated heterocycles. The number of halogens is 3. The maximum absolute atomic E-state index is 13.1. The molecule has 0 aliphatic carbocycles. The number of alkyl halides is 3. The zero-order valence-electron chi connectivity index (χ0n) is 16.9. The highest BCUT2D eigenvalue weighted by molar-refractivity contribution is 6.00. The van der Waals surface area contributed by atoms with Crippen LogP contribution < -0.4 is 10.1 Å². The van der Waals surface area contributed by atoms with Crippen LogP contribution in [-0.4, -0.2) is 52.7 Å². The Bertz CT molecular complexity index is 1140. The summed E-state index contributed by atoms with van der Waals surface area (Å²) in [6, 6.07) is 5.05. The summed E-state index contributed by atoms with van der Waals surface area (Å²) in [5, 5.41) is 13.1. The average Bonchev–Trinajstić information content (AvgIpc) is 3.08. The molecule has 0 spiro atoms. The highest BCUT2D eigenvalue weighted by Crippen LogP contribution is 2.39. The molecule has 4 rings (SSSR count). The molecule has 3 aromatic rings. The quantitative estimate of drug-likeness (QED) is 0.663. The van der Waals surface area contributed by atoms with E-state index in [2.05, 4.69) is 20.5 Å². The van der Waals surface area contributed by atoms with E-state index in [-0.39, 0.29) is 17.7 Å². The van der Waals surface area contributed by atoms with Crippen LogP contribution in [0, 0.1) is 0 Å². The molecule has 2 aromatic heterocycles. The van der Waals surface area contributed by atoms with Crippen LogP contribution in [0.15, 0.2) is 36.7 Å². The Kier molecular flexibility index (Phi) is 5.38. The summed E-state index contributed by atoms with van der Waals surface area (Å²) >= 11 is 0. The van der Waals surface area contributed by atoms with Gasteiger partial charge in [-0.2, -0.15) is 13.2 Å². The van der Waals surface area contributed by atoms with E-state index >= 15 is 0 Å². The highest BCUT2D eigenvalue weighted by atomic mass is 19.4. The Morgan fingerprint density at radius 1 is 1.23 bits per heavy atom. The first-order valence-corrected chi connectivity index (χ1v) is 9.65. The molecule has 0 radical (unpaired) electrons. The monoisotopic (exact) mass is 431 g/mol. The van der Waals surface area contributed by atoms with Crippen molar-refractivity contribution >= 4 is 22.5 Å². The van der Waals surface area contributed by atoms with Crippen LogP contribution in [-0.2, 0) is 11.0 Å². The molecule has 1 aromatic carbocycles. The van der Waals surface area contributed by atoms with Crippen molar-refractivity contribution in [2.75, 3.05) is 26.0 Å². The van der Waals surface area contributed by atoms with E-state index in [4.69, 9.17) is 4.74 Å². The van der Waals surface area contributed by atoms with Crippen molar-refractivity contribution in [3.63, 3.8) is 0 Å². The fourth-order valence-electron chi connectivity index (χ4n) is 3.71. The molecule has 1 atom stereocenters. The van der Waals surface area contributed by atoms with Crippen LogP contribution in [0.5, 0.6) is 5.75 Å². The zero-order valence-corrected chi connectivity index (χ0v) is 16.9.